The van der Waals surface area contributed by atoms with Gasteiger partial charge in [-0.1, -0.05) is 6.92 Å². The Morgan fingerprint density at radius 3 is 3.00 bits per heavy atom. The normalized spacial score (nSPS) is 10.1. The number of halogens is 1. The van der Waals surface area contributed by atoms with Crippen molar-refractivity contribution in [2.75, 3.05) is 6.54 Å². The van der Waals surface area contributed by atoms with Gasteiger partial charge in [0.25, 0.3) is 0 Å². The number of hydrogen-bond acceptors (Lipinski definition) is 2. The Hall–Kier alpha value is -0.350. The van der Waals surface area contributed by atoms with Gasteiger partial charge in [-0.3, -0.25) is 4.79 Å². The third-order valence-electron chi connectivity index (χ3n) is 1.79. The van der Waals surface area contributed by atoms with Gasteiger partial charge in [-0.25, -0.2) is 0 Å². The fourth-order valence-electron chi connectivity index (χ4n) is 1.13. The fraction of sp³-hybridized carbons (Fsp3) is 0.500. The Labute approximate surface area is 96.8 Å². The molecule has 0 unspecified atom stereocenters. The molecule has 1 aromatic heterocycles. The number of amides is 1. The predicted octanol–water partition coefficient (Wildman–Crippen LogP) is 2.97. The zero-order chi connectivity index (χ0) is 10.4. The van der Waals surface area contributed by atoms with Crippen LogP contribution in [0, 0.1) is 0 Å². The lowest BCUT2D eigenvalue weighted by molar-refractivity contribution is -0.121. The van der Waals surface area contributed by atoms with E-state index < -0.39 is 0 Å². The second kappa shape index (κ2) is 6.19. The summed E-state index contributed by atoms with van der Waals surface area (Å²) >= 11 is 5.12. The second-order valence-corrected chi connectivity index (χ2v) is 4.99. The van der Waals surface area contributed by atoms with Crippen LogP contribution in [0.2, 0.25) is 0 Å². The van der Waals surface area contributed by atoms with Crippen LogP contribution in [-0.2, 0) is 11.2 Å². The monoisotopic (exact) mass is 275 g/mol. The van der Waals surface area contributed by atoms with Gasteiger partial charge in [0.05, 0.1) is 0 Å². The van der Waals surface area contributed by atoms with Crippen LogP contribution in [0.5, 0.6) is 0 Å². The van der Waals surface area contributed by atoms with Crippen molar-refractivity contribution in [3.63, 3.8) is 0 Å². The Balaban J connectivity index is 2.18. The largest absolute Gasteiger partial charge is 0.356 e. The van der Waals surface area contributed by atoms with Crippen LogP contribution in [-0.4, -0.2) is 12.5 Å². The lowest BCUT2D eigenvalue weighted by atomic mass is 10.3. The van der Waals surface area contributed by atoms with Gasteiger partial charge in [0, 0.05) is 27.7 Å². The Morgan fingerprint density at radius 1 is 1.64 bits per heavy atom. The van der Waals surface area contributed by atoms with Crippen LogP contribution in [0.25, 0.3) is 0 Å². The maximum atomic E-state index is 11.1. The van der Waals surface area contributed by atoms with Gasteiger partial charge in [-0.05, 0) is 34.8 Å². The van der Waals surface area contributed by atoms with Crippen molar-refractivity contribution in [3.05, 3.63) is 20.8 Å². The van der Waals surface area contributed by atoms with Gasteiger partial charge >= 0.3 is 0 Å². The first-order valence-electron chi connectivity index (χ1n) is 4.72. The minimum Gasteiger partial charge on any atom is -0.356 e. The minimum atomic E-state index is 0.156. The molecule has 0 atom stereocenters. The molecule has 0 spiro atoms. The number of hydrogen-bond donors (Lipinski definition) is 1. The second-order valence-electron chi connectivity index (χ2n) is 3.08. The van der Waals surface area contributed by atoms with Crippen molar-refractivity contribution in [1.29, 1.82) is 0 Å². The Bertz CT molecular complexity index is 298. The molecule has 1 aromatic rings. The minimum absolute atomic E-state index is 0.156. The van der Waals surface area contributed by atoms with E-state index in [0.717, 1.165) is 23.9 Å². The molecule has 1 N–H and O–H groups in total. The molecule has 1 heterocycles. The molecule has 0 aliphatic heterocycles. The summed E-state index contributed by atoms with van der Waals surface area (Å²) < 4.78 is 1.12. The van der Waals surface area contributed by atoms with E-state index in [1.54, 1.807) is 11.3 Å². The zero-order valence-electron chi connectivity index (χ0n) is 8.18. The van der Waals surface area contributed by atoms with Crippen molar-refractivity contribution in [3.8, 4) is 0 Å². The van der Waals surface area contributed by atoms with Gasteiger partial charge in [0.2, 0.25) is 5.91 Å². The molecule has 2 nitrogen and oxygen atoms in total. The first kappa shape index (κ1) is 11.7. The van der Waals surface area contributed by atoms with Crippen LogP contribution in [0.4, 0.5) is 0 Å². The van der Waals surface area contributed by atoms with Crippen molar-refractivity contribution in [2.24, 2.45) is 0 Å². The van der Waals surface area contributed by atoms with Crippen LogP contribution >= 0.6 is 27.3 Å². The molecule has 0 aliphatic rings. The summed E-state index contributed by atoms with van der Waals surface area (Å²) in [7, 11) is 0. The number of rotatable bonds is 5. The van der Waals surface area contributed by atoms with E-state index in [4.69, 9.17) is 0 Å². The standard InChI is InChI=1S/C10H14BrNOS/c1-2-3-10(13)12-5-4-9-6-8(11)7-14-9/h6-7H,2-5H2,1H3,(H,12,13). The number of carbonyl (C=O) groups excluding carboxylic acids is 1. The molecule has 78 valence electrons. The molecular formula is C10H14BrNOS. The summed E-state index contributed by atoms with van der Waals surface area (Å²) in [6.45, 7) is 2.75. The van der Waals surface area contributed by atoms with Gasteiger partial charge in [0.1, 0.15) is 0 Å². The van der Waals surface area contributed by atoms with Crippen molar-refractivity contribution < 1.29 is 4.79 Å². The number of thiophene rings is 1. The van der Waals surface area contributed by atoms with E-state index in [1.165, 1.54) is 4.88 Å². The third kappa shape index (κ3) is 4.24. The Morgan fingerprint density at radius 2 is 2.43 bits per heavy atom. The summed E-state index contributed by atoms with van der Waals surface area (Å²) in [4.78, 5) is 12.4. The number of nitrogens with one attached hydrogen (secondary N) is 1. The molecule has 0 aromatic carbocycles. The smallest absolute Gasteiger partial charge is 0.219 e. The number of carbonyl (C=O) groups is 1. The van der Waals surface area contributed by atoms with Crippen LogP contribution < -0.4 is 5.32 Å². The lowest BCUT2D eigenvalue weighted by Crippen LogP contribution is -2.24. The van der Waals surface area contributed by atoms with Gasteiger partial charge in [-0.2, -0.15) is 0 Å². The average molecular weight is 276 g/mol. The van der Waals surface area contributed by atoms with Gasteiger partial charge < -0.3 is 5.32 Å². The van der Waals surface area contributed by atoms with E-state index >= 15 is 0 Å². The Kier molecular flexibility index (Phi) is 5.19. The molecule has 0 saturated carbocycles. The molecular weight excluding hydrogens is 262 g/mol. The molecule has 0 bridgehead atoms. The van der Waals surface area contributed by atoms with Gasteiger partial charge in [-0.15, -0.1) is 11.3 Å². The molecule has 0 radical (unpaired) electrons. The van der Waals surface area contributed by atoms with E-state index in [0.29, 0.717) is 6.42 Å². The average Bonchev–Trinajstić information content (AvgIpc) is 2.52. The summed E-state index contributed by atoms with van der Waals surface area (Å²) in [6.07, 6.45) is 2.47. The summed E-state index contributed by atoms with van der Waals surface area (Å²) in [6, 6.07) is 2.09. The molecule has 1 amide bonds. The first-order chi connectivity index (χ1) is 6.72. The van der Waals surface area contributed by atoms with E-state index in [9.17, 15) is 4.79 Å². The molecule has 4 heteroatoms. The van der Waals surface area contributed by atoms with Crippen LogP contribution in [0.15, 0.2) is 15.9 Å². The van der Waals surface area contributed by atoms with E-state index in [-0.39, 0.29) is 5.91 Å². The fourth-order valence-corrected chi connectivity index (χ4v) is 2.58. The highest BCUT2D eigenvalue weighted by molar-refractivity contribution is 9.10. The highest BCUT2D eigenvalue weighted by Gasteiger charge is 2.00. The maximum absolute atomic E-state index is 11.1. The van der Waals surface area contributed by atoms with Crippen LogP contribution in [0.3, 0.4) is 0 Å². The summed E-state index contributed by atoms with van der Waals surface area (Å²) in [5, 5.41) is 4.95. The summed E-state index contributed by atoms with van der Waals surface area (Å²) in [5.74, 6) is 0.156. The third-order valence-corrected chi connectivity index (χ3v) is 3.55. The predicted molar refractivity (Wildman–Crippen MR) is 63.6 cm³/mol. The van der Waals surface area contributed by atoms with Gasteiger partial charge in [0.15, 0.2) is 0 Å². The molecule has 0 fully saturated rings. The molecule has 0 saturated heterocycles. The molecule has 1 rings (SSSR count). The first-order valence-corrected chi connectivity index (χ1v) is 6.39. The molecule has 14 heavy (non-hydrogen) atoms. The van der Waals surface area contributed by atoms with Crippen molar-refractivity contribution in [1.82, 2.24) is 5.32 Å². The summed E-state index contributed by atoms with van der Waals surface area (Å²) in [5.41, 5.74) is 0. The van der Waals surface area contributed by atoms with Crippen LogP contribution in [0.1, 0.15) is 24.6 Å². The van der Waals surface area contributed by atoms with E-state index in [1.807, 2.05) is 6.92 Å². The quantitative estimate of drug-likeness (QED) is 0.880. The highest BCUT2D eigenvalue weighted by Crippen LogP contribution is 2.19. The topological polar surface area (TPSA) is 29.1 Å². The SMILES string of the molecule is CCCC(=O)NCCc1cc(Br)cs1. The van der Waals surface area contributed by atoms with E-state index in [2.05, 4.69) is 32.7 Å². The maximum Gasteiger partial charge on any atom is 0.219 e. The zero-order valence-corrected chi connectivity index (χ0v) is 10.6. The lowest BCUT2D eigenvalue weighted by Gasteiger charge is -2.01. The van der Waals surface area contributed by atoms with Crippen molar-refractivity contribution in [2.45, 2.75) is 26.2 Å². The van der Waals surface area contributed by atoms with Crippen molar-refractivity contribution >= 4 is 33.2 Å². The molecule has 0 aliphatic carbocycles. The highest BCUT2D eigenvalue weighted by atomic mass is 79.9.